The van der Waals surface area contributed by atoms with E-state index in [4.69, 9.17) is 18.0 Å². The average Bonchev–Trinajstić information content (AvgIpc) is 2.53. The van der Waals surface area contributed by atoms with Crippen LogP contribution in [0.1, 0.15) is 12.0 Å². The lowest BCUT2D eigenvalue weighted by molar-refractivity contribution is -0.141. The second kappa shape index (κ2) is 7.38. The van der Waals surface area contributed by atoms with Crippen LogP contribution >= 0.6 is 12.2 Å². The molecule has 0 aromatic heterocycles. The molecule has 0 spiro atoms. The highest BCUT2D eigenvalue weighted by Gasteiger charge is 2.20. The number of rotatable bonds is 5. The fourth-order valence-corrected chi connectivity index (χ4v) is 2.69. The minimum Gasteiger partial charge on any atom is -0.469 e. The smallest absolute Gasteiger partial charge is 0.306 e. The number of carbonyl (C=O) groups excluding carboxylic acids is 1. The maximum atomic E-state index is 11.2. The maximum Gasteiger partial charge on any atom is 0.306 e. The van der Waals surface area contributed by atoms with Crippen molar-refractivity contribution in [3.05, 3.63) is 29.8 Å². The SMILES string of the molecule is COC(=O)CCN1CCN(c2ccccc2C(N)=S)CC1. The van der Waals surface area contributed by atoms with Gasteiger partial charge in [0.2, 0.25) is 0 Å². The van der Waals surface area contributed by atoms with Crippen molar-refractivity contribution in [2.24, 2.45) is 5.73 Å². The van der Waals surface area contributed by atoms with Crippen LogP contribution < -0.4 is 10.6 Å². The number of carbonyl (C=O) groups is 1. The van der Waals surface area contributed by atoms with Gasteiger partial charge in [0.25, 0.3) is 0 Å². The number of nitrogens with zero attached hydrogens (tertiary/aromatic N) is 2. The lowest BCUT2D eigenvalue weighted by Crippen LogP contribution is -2.47. The molecule has 5 nitrogen and oxygen atoms in total. The lowest BCUT2D eigenvalue weighted by Gasteiger charge is -2.36. The van der Waals surface area contributed by atoms with Crippen molar-refractivity contribution < 1.29 is 9.53 Å². The highest BCUT2D eigenvalue weighted by atomic mass is 32.1. The minimum atomic E-state index is -0.156. The Balaban J connectivity index is 1.92. The highest BCUT2D eigenvalue weighted by Crippen LogP contribution is 2.21. The van der Waals surface area contributed by atoms with E-state index in [2.05, 4.69) is 20.6 Å². The first-order valence-corrected chi connectivity index (χ1v) is 7.45. The number of hydrogen-bond acceptors (Lipinski definition) is 5. The number of para-hydroxylation sites is 1. The zero-order chi connectivity index (χ0) is 15.2. The highest BCUT2D eigenvalue weighted by molar-refractivity contribution is 7.80. The first-order chi connectivity index (χ1) is 10.1. The molecule has 1 saturated heterocycles. The standard InChI is InChI=1S/C15H21N3O2S/c1-20-14(19)6-7-17-8-10-18(11-9-17)13-5-3-2-4-12(13)15(16)21/h2-5H,6-11H2,1H3,(H2,16,21). The molecule has 2 rings (SSSR count). The van der Waals surface area contributed by atoms with E-state index in [1.807, 2.05) is 18.2 Å². The molecule has 0 atom stereocenters. The normalized spacial score (nSPS) is 15.8. The Hall–Kier alpha value is -1.66. The molecular weight excluding hydrogens is 286 g/mol. The molecule has 1 heterocycles. The fourth-order valence-electron chi connectivity index (χ4n) is 2.52. The van der Waals surface area contributed by atoms with Crippen molar-refractivity contribution in [1.82, 2.24) is 4.90 Å². The van der Waals surface area contributed by atoms with Gasteiger partial charge in [0.15, 0.2) is 0 Å². The third kappa shape index (κ3) is 4.15. The van der Waals surface area contributed by atoms with Crippen LogP contribution in [0.15, 0.2) is 24.3 Å². The van der Waals surface area contributed by atoms with E-state index in [-0.39, 0.29) is 5.97 Å². The van der Waals surface area contributed by atoms with Gasteiger partial charge in [-0.2, -0.15) is 0 Å². The van der Waals surface area contributed by atoms with E-state index in [1.54, 1.807) is 0 Å². The van der Waals surface area contributed by atoms with Crippen LogP contribution in [0.25, 0.3) is 0 Å². The summed E-state index contributed by atoms with van der Waals surface area (Å²) in [5, 5.41) is 0. The third-order valence-corrected chi connectivity index (χ3v) is 3.96. The second-order valence-corrected chi connectivity index (χ2v) is 5.48. The molecule has 1 aliphatic heterocycles. The first kappa shape index (κ1) is 15.7. The van der Waals surface area contributed by atoms with Crippen LogP contribution in [0.2, 0.25) is 0 Å². The summed E-state index contributed by atoms with van der Waals surface area (Å²) in [5.74, 6) is -0.156. The predicted octanol–water partition coefficient (Wildman–Crippen LogP) is 1.01. The van der Waals surface area contributed by atoms with E-state index < -0.39 is 0 Å². The molecule has 21 heavy (non-hydrogen) atoms. The van der Waals surface area contributed by atoms with Crippen LogP contribution in [0, 0.1) is 0 Å². The number of benzene rings is 1. The number of ether oxygens (including phenoxy) is 1. The number of esters is 1. The van der Waals surface area contributed by atoms with E-state index in [9.17, 15) is 4.79 Å². The Morgan fingerprint density at radius 2 is 1.95 bits per heavy atom. The summed E-state index contributed by atoms with van der Waals surface area (Å²) in [6.45, 7) is 4.39. The molecule has 114 valence electrons. The summed E-state index contributed by atoms with van der Waals surface area (Å²) in [7, 11) is 1.42. The number of piperazine rings is 1. The monoisotopic (exact) mass is 307 g/mol. The molecule has 0 bridgehead atoms. The summed E-state index contributed by atoms with van der Waals surface area (Å²) in [5.41, 5.74) is 7.81. The van der Waals surface area contributed by atoms with Crippen LogP contribution in [0.4, 0.5) is 5.69 Å². The summed E-state index contributed by atoms with van der Waals surface area (Å²) in [6, 6.07) is 7.96. The topological polar surface area (TPSA) is 58.8 Å². The van der Waals surface area contributed by atoms with Gasteiger partial charge in [0, 0.05) is 44.0 Å². The number of thiocarbonyl (C=S) groups is 1. The molecular formula is C15H21N3O2S. The zero-order valence-electron chi connectivity index (χ0n) is 12.2. The van der Waals surface area contributed by atoms with Crippen molar-refractivity contribution >= 4 is 28.9 Å². The maximum absolute atomic E-state index is 11.2. The number of anilines is 1. The van der Waals surface area contributed by atoms with Gasteiger partial charge in [0.1, 0.15) is 4.99 Å². The van der Waals surface area contributed by atoms with E-state index >= 15 is 0 Å². The van der Waals surface area contributed by atoms with Gasteiger partial charge in [-0.15, -0.1) is 0 Å². The summed E-state index contributed by atoms with van der Waals surface area (Å²) >= 11 is 5.11. The number of hydrogen-bond donors (Lipinski definition) is 1. The van der Waals surface area contributed by atoms with E-state index in [0.717, 1.165) is 44.0 Å². The Morgan fingerprint density at radius 3 is 2.57 bits per heavy atom. The predicted molar refractivity (Wildman–Crippen MR) is 87.6 cm³/mol. The largest absolute Gasteiger partial charge is 0.469 e. The molecule has 0 unspecified atom stereocenters. The Kier molecular flexibility index (Phi) is 5.52. The summed E-state index contributed by atoms with van der Waals surface area (Å²) < 4.78 is 4.67. The number of methoxy groups -OCH3 is 1. The zero-order valence-corrected chi connectivity index (χ0v) is 13.1. The van der Waals surface area contributed by atoms with Gasteiger partial charge < -0.3 is 15.4 Å². The summed E-state index contributed by atoms with van der Waals surface area (Å²) in [6.07, 6.45) is 0.444. The first-order valence-electron chi connectivity index (χ1n) is 7.04. The molecule has 0 aliphatic carbocycles. The van der Waals surface area contributed by atoms with Crippen molar-refractivity contribution in [3.63, 3.8) is 0 Å². The summed E-state index contributed by atoms with van der Waals surface area (Å²) in [4.78, 5) is 16.2. The molecule has 1 aromatic rings. The molecule has 1 aliphatic rings. The second-order valence-electron chi connectivity index (χ2n) is 5.04. The Labute approximate surface area is 130 Å². The van der Waals surface area contributed by atoms with Gasteiger partial charge >= 0.3 is 5.97 Å². The molecule has 1 fully saturated rings. The van der Waals surface area contributed by atoms with Gasteiger partial charge in [-0.3, -0.25) is 9.69 Å². The minimum absolute atomic E-state index is 0.156. The van der Waals surface area contributed by atoms with Crippen molar-refractivity contribution in [2.75, 3.05) is 44.7 Å². The van der Waals surface area contributed by atoms with Gasteiger partial charge in [0.05, 0.1) is 13.5 Å². The van der Waals surface area contributed by atoms with Gasteiger partial charge in [-0.05, 0) is 12.1 Å². The quantitative estimate of drug-likeness (QED) is 0.647. The van der Waals surface area contributed by atoms with Gasteiger partial charge in [-0.25, -0.2) is 0 Å². The molecule has 6 heteroatoms. The van der Waals surface area contributed by atoms with Crippen LogP contribution in [-0.4, -0.2) is 55.7 Å². The van der Waals surface area contributed by atoms with Crippen LogP contribution in [0.3, 0.4) is 0 Å². The molecule has 1 aromatic carbocycles. The lowest BCUT2D eigenvalue weighted by atomic mass is 10.1. The van der Waals surface area contributed by atoms with Crippen molar-refractivity contribution in [2.45, 2.75) is 6.42 Å². The van der Waals surface area contributed by atoms with Crippen molar-refractivity contribution in [3.8, 4) is 0 Å². The van der Waals surface area contributed by atoms with E-state index in [0.29, 0.717) is 11.4 Å². The van der Waals surface area contributed by atoms with E-state index in [1.165, 1.54) is 7.11 Å². The molecule has 0 saturated carbocycles. The number of nitrogens with two attached hydrogens (primary N) is 1. The van der Waals surface area contributed by atoms with Crippen LogP contribution in [0.5, 0.6) is 0 Å². The molecule has 0 radical (unpaired) electrons. The Bertz CT molecular complexity index is 513. The molecule has 2 N–H and O–H groups in total. The van der Waals surface area contributed by atoms with Crippen LogP contribution in [-0.2, 0) is 9.53 Å². The third-order valence-electron chi connectivity index (χ3n) is 3.74. The average molecular weight is 307 g/mol. The fraction of sp³-hybridized carbons (Fsp3) is 0.467. The van der Waals surface area contributed by atoms with Gasteiger partial charge in [-0.1, -0.05) is 24.4 Å². The molecule has 0 amide bonds. The van der Waals surface area contributed by atoms with Crippen molar-refractivity contribution in [1.29, 1.82) is 0 Å². The Morgan fingerprint density at radius 1 is 1.29 bits per heavy atom.